The summed E-state index contributed by atoms with van der Waals surface area (Å²) in [6.07, 6.45) is 3.83. The lowest BCUT2D eigenvalue weighted by atomic mass is 10.1. The maximum atomic E-state index is 11.9. The predicted molar refractivity (Wildman–Crippen MR) is 84.5 cm³/mol. The summed E-state index contributed by atoms with van der Waals surface area (Å²) in [5.41, 5.74) is 2.75. The molecule has 3 N–H and O–H groups in total. The van der Waals surface area contributed by atoms with Crippen LogP contribution in [0.25, 0.3) is 11.3 Å². The summed E-state index contributed by atoms with van der Waals surface area (Å²) in [7, 11) is 0. The number of benzene rings is 1. The number of amides is 1. The molecule has 1 aromatic carbocycles. The molecule has 0 unspecified atom stereocenters. The number of hydrogen-bond acceptors (Lipinski definition) is 4. The maximum absolute atomic E-state index is 11.9. The van der Waals surface area contributed by atoms with Gasteiger partial charge in [-0.3, -0.25) is 9.89 Å². The number of H-pyrrole nitrogens is 1. The van der Waals surface area contributed by atoms with Gasteiger partial charge in [-0.05, 0) is 49.7 Å². The second-order valence-corrected chi connectivity index (χ2v) is 5.36. The van der Waals surface area contributed by atoms with Crippen LogP contribution in [0.15, 0.2) is 36.5 Å². The Morgan fingerprint density at radius 3 is 2.68 bits per heavy atom. The number of anilines is 1. The normalized spacial score (nSPS) is 15.6. The molecule has 0 spiro atoms. The second kappa shape index (κ2) is 7.20. The lowest BCUT2D eigenvalue weighted by Crippen LogP contribution is -2.34. The Labute approximate surface area is 129 Å². The topological polar surface area (TPSA) is 79.0 Å². The molecular formula is C16H20N4O2. The van der Waals surface area contributed by atoms with Gasteiger partial charge in [-0.25, -0.2) is 0 Å². The number of carbonyl (C=O) groups is 1. The fourth-order valence-electron chi connectivity index (χ4n) is 2.50. The van der Waals surface area contributed by atoms with Gasteiger partial charge in [0.1, 0.15) is 6.61 Å². The van der Waals surface area contributed by atoms with Gasteiger partial charge in [0, 0.05) is 11.9 Å². The first-order valence-electron chi connectivity index (χ1n) is 7.53. The van der Waals surface area contributed by atoms with Gasteiger partial charge < -0.3 is 15.4 Å². The highest BCUT2D eigenvalue weighted by Gasteiger charge is 2.14. The van der Waals surface area contributed by atoms with Gasteiger partial charge in [0.2, 0.25) is 5.91 Å². The van der Waals surface area contributed by atoms with Crippen molar-refractivity contribution in [3.8, 4) is 11.3 Å². The molecule has 1 amide bonds. The minimum atomic E-state index is -0.118. The zero-order chi connectivity index (χ0) is 15.2. The van der Waals surface area contributed by atoms with E-state index in [2.05, 4.69) is 20.8 Å². The third-order valence-electron chi connectivity index (χ3n) is 3.72. The van der Waals surface area contributed by atoms with E-state index in [1.165, 1.54) is 0 Å². The number of nitrogens with zero attached hydrogens (tertiary/aromatic N) is 1. The molecule has 0 atom stereocenters. The standard InChI is InChI=1S/C16H20N4O2/c21-16(11-22-14-5-8-17-9-6-14)19-13-3-1-12(2-4-13)15-7-10-18-20-15/h1-4,7,10,14,17H,5-6,8-9,11H2,(H,18,20)(H,19,21). The molecule has 1 fully saturated rings. The Balaban J connectivity index is 1.48. The summed E-state index contributed by atoms with van der Waals surface area (Å²) in [5, 5.41) is 13.0. The summed E-state index contributed by atoms with van der Waals surface area (Å²) < 4.78 is 5.63. The molecule has 6 heteroatoms. The monoisotopic (exact) mass is 300 g/mol. The Kier molecular flexibility index (Phi) is 4.82. The molecule has 1 aliphatic rings. The molecule has 3 rings (SSSR count). The minimum absolute atomic E-state index is 0.104. The van der Waals surface area contributed by atoms with E-state index in [4.69, 9.17) is 4.74 Å². The lowest BCUT2D eigenvalue weighted by Gasteiger charge is -2.22. The first-order chi connectivity index (χ1) is 10.8. The fourth-order valence-corrected chi connectivity index (χ4v) is 2.50. The number of nitrogens with one attached hydrogen (secondary N) is 3. The van der Waals surface area contributed by atoms with Crippen molar-refractivity contribution in [1.29, 1.82) is 0 Å². The van der Waals surface area contributed by atoms with Gasteiger partial charge in [-0.1, -0.05) is 12.1 Å². The summed E-state index contributed by atoms with van der Waals surface area (Å²) in [6, 6.07) is 9.53. The van der Waals surface area contributed by atoms with Crippen molar-refractivity contribution in [1.82, 2.24) is 15.5 Å². The van der Waals surface area contributed by atoms with E-state index in [9.17, 15) is 4.79 Å². The molecule has 6 nitrogen and oxygen atoms in total. The largest absolute Gasteiger partial charge is 0.368 e. The first-order valence-corrected chi connectivity index (χ1v) is 7.53. The first kappa shape index (κ1) is 14.7. The number of hydrogen-bond donors (Lipinski definition) is 3. The zero-order valence-electron chi connectivity index (χ0n) is 12.3. The molecular weight excluding hydrogens is 280 g/mol. The van der Waals surface area contributed by atoms with Crippen molar-refractivity contribution in [2.24, 2.45) is 0 Å². The number of rotatable bonds is 5. The van der Waals surface area contributed by atoms with Gasteiger partial charge in [0.25, 0.3) is 0 Å². The van der Waals surface area contributed by atoms with Crippen molar-refractivity contribution >= 4 is 11.6 Å². The number of carbonyl (C=O) groups excluding carboxylic acids is 1. The Bertz CT molecular complexity index is 589. The molecule has 0 aliphatic carbocycles. The van der Waals surface area contributed by atoms with Crippen LogP contribution in [0, 0.1) is 0 Å². The summed E-state index contributed by atoms with van der Waals surface area (Å²) >= 11 is 0. The van der Waals surface area contributed by atoms with Crippen molar-refractivity contribution in [2.75, 3.05) is 25.0 Å². The van der Waals surface area contributed by atoms with Gasteiger partial charge in [-0.15, -0.1) is 0 Å². The SMILES string of the molecule is O=C(COC1CCNCC1)Nc1ccc(-c2ccn[nH]2)cc1. The smallest absolute Gasteiger partial charge is 0.250 e. The molecule has 0 bridgehead atoms. The molecule has 1 aromatic heterocycles. The van der Waals surface area contributed by atoms with E-state index < -0.39 is 0 Å². The minimum Gasteiger partial charge on any atom is -0.368 e. The quantitative estimate of drug-likeness (QED) is 0.786. The Morgan fingerprint density at radius 2 is 2.00 bits per heavy atom. The van der Waals surface area contributed by atoms with E-state index in [1.807, 2.05) is 30.3 Å². The molecule has 1 saturated heterocycles. The highest BCUT2D eigenvalue weighted by Crippen LogP contribution is 2.18. The highest BCUT2D eigenvalue weighted by atomic mass is 16.5. The van der Waals surface area contributed by atoms with Gasteiger partial charge in [0.05, 0.1) is 11.8 Å². The van der Waals surface area contributed by atoms with Crippen molar-refractivity contribution < 1.29 is 9.53 Å². The van der Waals surface area contributed by atoms with Crippen molar-refractivity contribution in [2.45, 2.75) is 18.9 Å². The Morgan fingerprint density at radius 1 is 1.23 bits per heavy atom. The zero-order valence-corrected chi connectivity index (χ0v) is 12.3. The van der Waals surface area contributed by atoms with Crippen molar-refractivity contribution in [3.05, 3.63) is 36.5 Å². The molecule has 0 radical (unpaired) electrons. The van der Waals surface area contributed by atoms with E-state index in [0.717, 1.165) is 42.9 Å². The second-order valence-electron chi connectivity index (χ2n) is 5.36. The third kappa shape index (κ3) is 3.93. The fraction of sp³-hybridized carbons (Fsp3) is 0.375. The van der Waals surface area contributed by atoms with Crippen LogP contribution in [-0.2, 0) is 9.53 Å². The van der Waals surface area contributed by atoms with Crippen LogP contribution in [0.5, 0.6) is 0 Å². The van der Waals surface area contributed by atoms with Crippen LogP contribution in [0.1, 0.15) is 12.8 Å². The molecule has 116 valence electrons. The van der Waals surface area contributed by atoms with E-state index in [1.54, 1.807) is 6.20 Å². The summed E-state index contributed by atoms with van der Waals surface area (Å²) in [4.78, 5) is 11.9. The third-order valence-corrected chi connectivity index (χ3v) is 3.72. The molecule has 0 saturated carbocycles. The van der Waals surface area contributed by atoms with Gasteiger partial charge in [-0.2, -0.15) is 5.10 Å². The maximum Gasteiger partial charge on any atom is 0.250 e. The highest BCUT2D eigenvalue weighted by molar-refractivity contribution is 5.91. The van der Waals surface area contributed by atoms with Crippen LogP contribution in [0.3, 0.4) is 0 Å². The Hall–Kier alpha value is -2.18. The molecule has 2 heterocycles. The lowest BCUT2D eigenvalue weighted by molar-refractivity contribution is -0.123. The molecule has 2 aromatic rings. The van der Waals surface area contributed by atoms with E-state index >= 15 is 0 Å². The molecule has 1 aliphatic heterocycles. The van der Waals surface area contributed by atoms with Crippen LogP contribution in [0.2, 0.25) is 0 Å². The van der Waals surface area contributed by atoms with Crippen LogP contribution >= 0.6 is 0 Å². The van der Waals surface area contributed by atoms with E-state index in [-0.39, 0.29) is 18.6 Å². The van der Waals surface area contributed by atoms with E-state index in [0.29, 0.717) is 0 Å². The number of aromatic nitrogens is 2. The molecule has 22 heavy (non-hydrogen) atoms. The number of aromatic amines is 1. The summed E-state index contributed by atoms with van der Waals surface area (Å²) in [5.74, 6) is -0.118. The predicted octanol–water partition coefficient (Wildman–Crippen LogP) is 1.78. The number of ether oxygens (including phenoxy) is 1. The van der Waals surface area contributed by atoms with Gasteiger partial charge in [0.15, 0.2) is 0 Å². The number of piperidine rings is 1. The van der Waals surface area contributed by atoms with Crippen molar-refractivity contribution in [3.63, 3.8) is 0 Å². The van der Waals surface area contributed by atoms with Crippen LogP contribution in [-0.4, -0.2) is 41.9 Å². The average molecular weight is 300 g/mol. The van der Waals surface area contributed by atoms with Gasteiger partial charge >= 0.3 is 0 Å². The van der Waals surface area contributed by atoms with Crippen LogP contribution in [0.4, 0.5) is 5.69 Å². The van der Waals surface area contributed by atoms with Crippen LogP contribution < -0.4 is 10.6 Å². The average Bonchev–Trinajstić information content (AvgIpc) is 3.09. The summed E-state index contributed by atoms with van der Waals surface area (Å²) in [6.45, 7) is 2.02.